The summed E-state index contributed by atoms with van der Waals surface area (Å²) >= 11 is 0. The van der Waals surface area contributed by atoms with Crippen molar-refractivity contribution in [1.82, 2.24) is 0 Å². The summed E-state index contributed by atoms with van der Waals surface area (Å²) in [4.78, 5) is 22.1. The van der Waals surface area contributed by atoms with Gasteiger partial charge in [0, 0.05) is 20.3 Å². The number of hydrogen-bond donors (Lipinski definition) is 1. The molecule has 0 aromatic heterocycles. The van der Waals surface area contributed by atoms with Crippen molar-refractivity contribution >= 4 is 11.9 Å². The van der Waals surface area contributed by atoms with E-state index < -0.39 is 11.7 Å². The lowest BCUT2D eigenvalue weighted by atomic mass is 9.72. The maximum Gasteiger partial charge on any atom is 0.303 e. The molecule has 1 rings (SSSR count). The molecule has 0 aliphatic heterocycles. The lowest BCUT2D eigenvalue weighted by Crippen LogP contribution is -2.41. The lowest BCUT2D eigenvalue weighted by molar-refractivity contribution is -0.149. The minimum atomic E-state index is -0.911. The topological polar surface area (TPSA) is 72.8 Å². The molecule has 1 saturated carbocycles. The van der Waals surface area contributed by atoms with E-state index in [0.717, 1.165) is 31.3 Å². The molecule has 1 N–H and O–H groups in total. The van der Waals surface area contributed by atoms with E-state index in [0.29, 0.717) is 18.9 Å². The molecule has 132 valence electrons. The van der Waals surface area contributed by atoms with Crippen molar-refractivity contribution in [3.63, 3.8) is 0 Å². The fourth-order valence-electron chi connectivity index (χ4n) is 3.25. The van der Waals surface area contributed by atoms with Crippen molar-refractivity contribution in [3.05, 3.63) is 12.2 Å². The second-order valence-electron chi connectivity index (χ2n) is 7.03. The lowest BCUT2D eigenvalue weighted by Gasteiger charge is -2.39. The molecule has 0 aromatic carbocycles. The fraction of sp³-hybridized carbons (Fsp3) is 0.778. The first-order chi connectivity index (χ1) is 10.6. The smallest absolute Gasteiger partial charge is 0.303 e. The Bertz CT molecular complexity index is 433. The Kier molecular flexibility index (Phi) is 7.26. The summed E-state index contributed by atoms with van der Waals surface area (Å²) in [5.74, 6) is -0.0893. The molecule has 1 aliphatic carbocycles. The van der Waals surface area contributed by atoms with Crippen LogP contribution >= 0.6 is 0 Å². The highest BCUT2D eigenvalue weighted by atomic mass is 16.5. The molecular weight excluding hydrogens is 296 g/mol. The van der Waals surface area contributed by atoms with Crippen molar-refractivity contribution in [2.24, 2.45) is 11.8 Å². The molecule has 0 aromatic rings. The predicted octanol–water partition coefficient (Wildman–Crippen LogP) is 3.00. The molecule has 5 nitrogen and oxygen atoms in total. The number of ether oxygens (including phenoxy) is 2. The normalized spacial score (nSPS) is 25.1. The van der Waals surface area contributed by atoms with Crippen LogP contribution in [0.3, 0.4) is 0 Å². The SMILES string of the molecule is C=C(C)C(CC(C)(O)C1CCC(COC(C)=O)CC1)OC(C)=O. The van der Waals surface area contributed by atoms with Crippen LogP contribution in [-0.2, 0) is 19.1 Å². The first-order valence-corrected chi connectivity index (χ1v) is 8.30. The molecule has 2 unspecified atom stereocenters. The van der Waals surface area contributed by atoms with Crippen molar-refractivity contribution in [2.45, 2.75) is 71.5 Å². The summed E-state index contributed by atoms with van der Waals surface area (Å²) in [7, 11) is 0. The van der Waals surface area contributed by atoms with Crippen LogP contribution in [0.15, 0.2) is 12.2 Å². The van der Waals surface area contributed by atoms with Gasteiger partial charge < -0.3 is 14.6 Å². The van der Waals surface area contributed by atoms with Gasteiger partial charge in [-0.25, -0.2) is 0 Å². The van der Waals surface area contributed by atoms with Crippen molar-refractivity contribution < 1.29 is 24.2 Å². The van der Waals surface area contributed by atoms with Crippen molar-refractivity contribution in [1.29, 1.82) is 0 Å². The van der Waals surface area contributed by atoms with E-state index >= 15 is 0 Å². The average Bonchev–Trinajstić information content (AvgIpc) is 2.44. The second kappa shape index (κ2) is 8.48. The summed E-state index contributed by atoms with van der Waals surface area (Å²) in [5.41, 5.74) is -0.171. The molecule has 0 radical (unpaired) electrons. The van der Waals surface area contributed by atoms with Crippen LogP contribution < -0.4 is 0 Å². The van der Waals surface area contributed by atoms with Crippen LogP contribution in [0.25, 0.3) is 0 Å². The molecule has 0 saturated heterocycles. The number of rotatable bonds is 7. The fourth-order valence-corrected chi connectivity index (χ4v) is 3.25. The average molecular weight is 326 g/mol. The van der Waals surface area contributed by atoms with Gasteiger partial charge >= 0.3 is 11.9 Å². The molecule has 0 spiro atoms. The van der Waals surface area contributed by atoms with E-state index in [-0.39, 0.29) is 17.9 Å². The highest BCUT2D eigenvalue weighted by Gasteiger charge is 2.38. The number of carbonyl (C=O) groups excluding carboxylic acids is 2. The van der Waals surface area contributed by atoms with Gasteiger partial charge in [-0.2, -0.15) is 0 Å². The summed E-state index contributed by atoms with van der Waals surface area (Å²) in [6.07, 6.45) is 3.52. The summed E-state index contributed by atoms with van der Waals surface area (Å²) in [5, 5.41) is 10.9. The summed E-state index contributed by atoms with van der Waals surface area (Å²) < 4.78 is 10.3. The molecule has 1 fully saturated rings. The molecule has 2 atom stereocenters. The Balaban J connectivity index is 2.55. The van der Waals surface area contributed by atoms with E-state index in [1.165, 1.54) is 13.8 Å². The third-order valence-corrected chi connectivity index (χ3v) is 4.71. The first-order valence-electron chi connectivity index (χ1n) is 8.30. The Labute approximate surface area is 139 Å². The zero-order valence-corrected chi connectivity index (χ0v) is 14.8. The summed E-state index contributed by atoms with van der Waals surface area (Å²) in [6.45, 7) is 10.7. The van der Waals surface area contributed by atoms with Gasteiger partial charge in [-0.15, -0.1) is 0 Å². The van der Waals surface area contributed by atoms with Crippen LogP contribution in [-0.4, -0.2) is 35.4 Å². The maximum atomic E-state index is 11.2. The zero-order chi connectivity index (χ0) is 17.6. The highest BCUT2D eigenvalue weighted by Crippen LogP contribution is 2.38. The van der Waals surface area contributed by atoms with Crippen molar-refractivity contribution in [2.75, 3.05) is 6.61 Å². The van der Waals surface area contributed by atoms with Gasteiger partial charge in [0.15, 0.2) is 0 Å². The van der Waals surface area contributed by atoms with Gasteiger partial charge in [-0.1, -0.05) is 6.58 Å². The Hall–Kier alpha value is -1.36. The van der Waals surface area contributed by atoms with E-state index in [9.17, 15) is 14.7 Å². The predicted molar refractivity (Wildman–Crippen MR) is 87.7 cm³/mol. The van der Waals surface area contributed by atoms with Gasteiger partial charge in [-0.3, -0.25) is 9.59 Å². The van der Waals surface area contributed by atoms with Crippen LogP contribution in [0.4, 0.5) is 0 Å². The van der Waals surface area contributed by atoms with E-state index in [1.54, 1.807) is 6.92 Å². The Morgan fingerprint density at radius 1 is 1.17 bits per heavy atom. The molecule has 5 heteroatoms. The molecule has 0 amide bonds. The third kappa shape index (κ3) is 6.73. The first kappa shape index (κ1) is 19.7. The van der Waals surface area contributed by atoms with Gasteiger partial charge in [0.05, 0.1) is 12.2 Å². The monoisotopic (exact) mass is 326 g/mol. The number of hydrogen-bond acceptors (Lipinski definition) is 5. The minimum Gasteiger partial charge on any atom is -0.466 e. The third-order valence-electron chi connectivity index (χ3n) is 4.71. The van der Waals surface area contributed by atoms with Crippen LogP contribution in [0.2, 0.25) is 0 Å². The van der Waals surface area contributed by atoms with E-state index in [1.807, 2.05) is 6.92 Å². The van der Waals surface area contributed by atoms with Crippen LogP contribution in [0, 0.1) is 11.8 Å². The zero-order valence-electron chi connectivity index (χ0n) is 14.8. The minimum absolute atomic E-state index is 0.147. The van der Waals surface area contributed by atoms with Gasteiger partial charge in [0.25, 0.3) is 0 Å². The maximum absolute atomic E-state index is 11.2. The van der Waals surface area contributed by atoms with E-state index in [2.05, 4.69) is 6.58 Å². The number of carbonyl (C=O) groups is 2. The largest absolute Gasteiger partial charge is 0.466 e. The van der Waals surface area contributed by atoms with Crippen LogP contribution in [0.5, 0.6) is 0 Å². The van der Waals surface area contributed by atoms with Gasteiger partial charge in [0.1, 0.15) is 6.10 Å². The standard InChI is InChI=1S/C18H30O5/c1-12(2)17(23-14(4)20)10-18(5,21)16-8-6-15(7-9-16)11-22-13(3)19/h15-17,21H,1,6-11H2,2-5H3. The van der Waals surface area contributed by atoms with E-state index in [4.69, 9.17) is 9.47 Å². The number of aliphatic hydroxyl groups is 1. The quantitative estimate of drug-likeness (QED) is 0.575. The van der Waals surface area contributed by atoms with Gasteiger partial charge in [0.2, 0.25) is 0 Å². The van der Waals surface area contributed by atoms with Crippen molar-refractivity contribution in [3.8, 4) is 0 Å². The van der Waals surface area contributed by atoms with Crippen LogP contribution in [0.1, 0.15) is 59.8 Å². The second-order valence-corrected chi connectivity index (χ2v) is 7.03. The summed E-state index contributed by atoms with van der Waals surface area (Å²) in [6, 6.07) is 0. The molecular formula is C18H30O5. The van der Waals surface area contributed by atoms with Gasteiger partial charge in [-0.05, 0) is 56.9 Å². The number of esters is 2. The molecule has 1 aliphatic rings. The Morgan fingerprint density at radius 3 is 2.17 bits per heavy atom. The molecule has 0 heterocycles. The highest BCUT2D eigenvalue weighted by molar-refractivity contribution is 5.66. The molecule has 0 bridgehead atoms. The Morgan fingerprint density at radius 2 is 1.74 bits per heavy atom. The molecule has 23 heavy (non-hydrogen) atoms.